The SMILES string of the molecule is CCc1ccccc1N1CC(c2nnc(NC(=O)CC(C)c3ccccc3)s2)CC1=O. The number of aryl methyl sites for hydroxylation is 1. The van der Waals surface area contributed by atoms with E-state index in [1.807, 2.05) is 60.4 Å². The first-order valence-corrected chi connectivity index (χ1v) is 11.4. The van der Waals surface area contributed by atoms with E-state index in [0.717, 1.165) is 28.2 Å². The highest BCUT2D eigenvalue weighted by Gasteiger charge is 2.34. The maximum atomic E-state index is 12.7. The number of nitrogens with zero attached hydrogens (tertiary/aromatic N) is 3. The zero-order chi connectivity index (χ0) is 21.8. The predicted octanol–water partition coefficient (Wildman–Crippen LogP) is 4.75. The van der Waals surface area contributed by atoms with Crippen molar-refractivity contribution in [3.63, 3.8) is 0 Å². The molecule has 6 nitrogen and oxygen atoms in total. The van der Waals surface area contributed by atoms with E-state index in [-0.39, 0.29) is 23.7 Å². The van der Waals surface area contributed by atoms with Gasteiger partial charge in [0.15, 0.2) is 0 Å². The summed E-state index contributed by atoms with van der Waals surface area (Å²) in [6, 6.07) is 18.0. The lowest BCUT2D eigenvalue weighted by atomic mass is 9.98. The van der Waals surface area contributed by atoms with Gasteiger partial charge in [-0.05, 0) is 29.5 Å². The van der Waals surface area contributed by atoms with Crippen LogP contribution in [0.4, 0.5) is 10.8 Å². The number of benzene rings is 2. The van der Waals surface area contributed by atoms with Crippen molar-refractivity contribution in [3.8, 4) is 0 Å². The Labute approximate surface area is 186 Å². The van der Waals surface area contributed by atoms with Crippen LogP contribution in [0.25, 0.3) is 0 Å². The maximum absolute atomic E-state index is 12.7. The molecule has 1 aliphatic heterocycles. The molecule has 0 aliphatic carbocycles. The van der Waals surface area contributed by atoms with Crippen molar-refractivity contribution in [1.29, 1.82) is 0 Å². The van der Waals surface area contributed by atoms with Gasteiger partial charge in [0.2, 0.25) is 16.9 Å². The minimum absolute atomic E-state index is 0.0104. The Morgan fingerprint density at radius 1 is 1.16 bits per heavy atom. The fourth-order valence-electron chi connectivity index (χ4n) is 3.98. The molecule has 2 amide bonds. The van der Waals surface area contributed by atoms with Crippen molar-refractivity contribution in [2.24, 2.45) is 0 Å². The molecule has 2 aromatic carbocycles. The van der Waals surface area contributed by atoms with Crippen molar-refractivity contribution in [3.05, 3.63) is 70.7 Å². The van der Waals surface area contributed by atoms with Crippen LogP contribution in [0.15, 0.2) is 54.6 Å². The number of hydrogen-bond donors (Lipinski definition) is 1. The second kappa shape index (κ2) is 9.39. The second-order valence-corrected chi connectivity index (χ2v) is 8.91. The van der Waals surface area contributed by atoms with Crippen molar-refractivity contribution in [1.82, 2.24) is 10.2 Å². The lowest BCUT2D eigenvalue weighted by molar-refractivity contribution is -0.117. The molecule has 2 atom stereocenters. The van der Waals surface area contributed by atoms with Gasteiger partial charge in [-0.3, -0.25) is 9.59 Å². The number of anilines is 2. The molecule has 160 valence electrons. The largest absolute Gasteiger partial charge is 0.311 e. The molecule has 0 saturated carbocycles. The van der Waals surface area contributed by atoms with Crippen LogP contribution < -0.4 is 10.2 Å². The molecule has 0 radical (unpaired) electrons. The van der Waals surface area contributed by atoms with Crippen LogP contribution in [0.5, 0.6) is 0 Å². The van der Waals surface area contributed by atoms with Gasteiger partial charge in [-0.15, -0.1) is 10.2 Å². The molecule has 7 heteroatoms. The summed E-state index contributed by atoms with van der Waals surface area (Å²) in [5.74, 6) is 0.125. The van der Waals surface area contributed by atoms with Crippen LogP contribution >= 0.6 is 11.3 Å². The summed E-state index contributed by atoms with van der Waals surface area (Å²) in [4.78, 5) is 27.0. The topological polar surface area (TPSA) is 75.2 Å². The third-order valence-corrected chi connectivity index (χ3v) is 6.69. The van der Waals surface area contributed by atoms with Crippen LogP contribution in [0.1, 0.15) is 54.7 Å². The van der Waals surface area contributed by atoms with E-state index in [1.54, 1.807) is 0 Å². The zero-order valence-corrected chi connectivity index (χ0v) is 18.6. The van der Waals surface area contributed by atoms with Crippen LogP contribution in [0, 0.1) is 0 Å². The van der Waals surface area contributed by atoms with E-state index < -0.39 is 0 Å². The Morgan fingerprint density at radius 3 is 2.68 bits per heavy atom. The first kappa shape index (κ1) is 21.2. The smallest absolute Gasteiger partial charge is 0.227 e. The number of hydrogen-bond acceptors (Lipinski definition) is 5. The minimum Gasteiger partial charge on any atom is -0.311 e. The van der Waals surface area contributed by atoms with Gasteiger partial charge in [-0.2, -0.15) is 0 Å². The van der Waals surface area contributed by atoms with Crippen molar-refractivity contribution in [2.45, 2.75) is 44.9 Å². The van der Waals surface area contributed by atoms with Gasteiger partial charge < -0.3 is 10.2 Å². The average molecular weight is 435 g/mol. The van der Waals surface area contributed by atoms with E-state index >= 15 is 0 Å². The normalized spacial score (nSPS) is 17.0. The van der Waals surface area contributed by atoms with Gasteiger partial charge in [0.25, 0.3) is 0 Å². The van der Waals surface area contributed by atoms with Crippen LogP contribution in [0.2, 0.25) is 0 Å². The van der Waals surface area contributed by atoms with Gasteiger partial charge in [-0.25, -0.2) is 0 Å². The number of amides is 2. The number of carbonyl (C=O) groups excluding carboxylic acids is 2. The molecule has 1 saturated heterocycles. The van der Waals surface area contributed by atoms with Gasteiger partial charge in [0, 0.05) is 31.0 Å². The highest BCUT2D eigenvalue weighted by Crippen LogP contribution is 2.35. The van der Waals surface area contributed by atoms with Gasteiger partial charge in [-0.1, -0.05) is 73.7 Å². The molecule has 3 aromatic rings. The summed E-state index contributed by atoms with van der Waals surface area (Å²) in [6.07, 6.45) is 1.66. The fraction of sp³-hybridized carbons (Fsp3) is 0.333. The van der Waals surface area contributed by atoms with Crippen LogP contribution in [-0.4, -0.2) is 28.6 Å². The summed E-state index contributed by atoms with van der Waals surface area (Å²) < 4.78 is 0. The lowest BCUT2D eigenvalue weighted by Gasteiger charge is -2.19. The van der Waals surface area contributed by atoms with E-state index in [1.165, 1.54) is 11.3 Å². The molecule has 1 N–H and O–H groups in total. The minimum atomic E-state index is -0.0833. The monoisotopic (exact) mass is 434 g/mol. The van der Waals surface area contributed by atoms with E-state index in [9.17, 15) is 9.59 Å². The highest BCUT2D eigenvalue weighted by atomic mass is 32.1. The molecule has 2 unspecified atom stereocenters. The number of carbonyl (C=O) groups is 2. The summed E-state index contributed by atoms with van der Waals surface area (Å²) in [7, 11) is 0. The summed E-state index contributed by atoms with van der Waals surface area (Å²) in [5, 5.41) is 12.6. The summed E-state index contributed by atoms with van der Waals surface area (Å²) >= 11 is 1.36. The number of nitrogens with one attached hydrogen (secondary N) is 1. The average Bonchev–Trinajstić information content (AvgIpc) is 3.40. The Kier molecular flexibility index (Phi) is 6.42. The third kappa shape index (κ3) is 4.82. The Bertz CT molecular complexity index is 1070. The van der Waals surface area contributed by atoms with Crippen molar-refractivity contribution in [2.75, 3.05) is 16.8 Å². The lowest BCUT2D eigenvalue weighted by Crippen LogP contribution is -2.25. The fourth-order valence-corrected chi connectivity index (χ4v) is 4.83. The molecular formula is C24H26N4O2S. The van der Waals surface area contributed by atoms with Crippen molar-refractivity contribution < 1.29 is 9.59 Å². The predicted molar refractivity (Wildman–Crippen MR) is 124 cm³/mol. The Hall–Kier alpha value is -3.06. The molecule has 31 heavy (non-hydrogen) atoms. The molecule has 1 aromatic heterocycles. The Balaban J connectivity index is 1.39. The van der Waals surface area contributed by atoms with E-state index in [0.29, 0.717) is 24.5 Å². The molecule has 1 fully saturated rings. The molecular weight excluding hydrogens is 408 g/mol. The highest BCUT2D eigenvalue weighted by molar-refractivity contribution is 7.15. The molecule has 1 aliphatic rings. The first-order chi connectivity index (χ1) is 15.0. The molecule has 2 heterocycles. The standard InChI is InChI=1S/C24H26N4O2S/c1-3-17-9-7-8-12-20(17)28-15-19(14-22(28)30)23-26-27-24(31-23)25-21(29)13-16(2)18-10-5-4-6-11-18/h4-12,16,19H,3,13-15H2,1-2H3,(H,25,27,29). The number of para-hydroxylation sites is 1. The summed E-state index contributed by atoms with van der Waals surface area (Å²) in [6.45, 7) is 4.71. The first-order valence-electron chi connectivity index (χ1n) is 10.6. The second-order valence-electron chi connectivity index (χ2n) is 7.90. The van der Waals surface area contributed by atoms with Crippen LogP contribution in [0.3, 0.4) is 0 Å². The quantitative estimate of drug-likeness (QED) is 0.582. The summed E-state index contributed by atoms with van der Waals surface area (Å²) in [5.41, 5.74) is 3.27. The van der Waals surface area contributed by atoms with Crippen molar-refractivity contribution >= 4 is 34.0 Å². The van der Waals surface area contributed by atoms with Crippen LogP contribution in [-0.2, 0) is 16.0 Å². The van der Waals surface area contributed by atoms with Gasteiger partial charge >= 0.3 is 0 Å². The third-order valence-electron chi connectivity index (χ3n) is 5.68. The molecule has 4 rings (SSSR count). The zero-order valence-electron chi connectivity index (χ0n) is 17.7. The maximum Gasteiger partial charge on any atom is 0.227 e. The van der Waals surface area contributed by atoms with E-state index in [4.69, 9.17) is 0 Å². The molecule has 0 bridgehead atoms. The number of rotatable bonds is 7. The molecule has 0 spiro atoms. The van der Waals surface area contributed by atoms with Gasteiger partial charge in [0.1, 0.15) is 5.01 Å². The van der Waals surface area contributed by atoms with E-state index in [2.05, 4.69) is 28.5 Å². The number of aromatic nitrogens is 2. The van der Waals surface area contributed by atoms with Gasteiger partial charge in [0.05, 0.1) is 0 Å². The Morgan fingerprint density at radius 2 is 1.90 bits per heavy atom.